The Labute approximate surface area is 119 Å². The molecule has 0 saturated carbocycles. The molecule has 0 radical (unpaired) electrons. The summed E-state index contributed by atoms with van der Waals surface area (Å²) in [5.74, 6) is -0.182. The fraction of sp³-hybridized carbons (Fsp3) is 0.333. The molecule has 5 nitrogen and oxygen atoms in total. The molecule has 0 aliphatic heterocycles. The third kappa shape index (κ3) is 4.85. The zero-order valence-corrected chi connectivity index (χ0v) is 12.0. The van der Waals surface area contributed by atoms with E-state index in [4.69, 9.17) is 0 Å². The minimum atomic E-state index is -0.131. The van der Waals surface area contributed by atoms with Gasteiger partial charge < -0.3 is 16.0 Å². The Hall–Kier alpha value is -2.14. The molecule has 1 aromatic carbocycles. The molecule has 1 aromatic rings. The molecule has 5 heteroatoms. The van der Waals surface area contributed by atoms with Crippen LogP contribution in [0.1, 0.15) is 18.9 Å². The van der Waals surface area contributed by atoms with Crippen molar-refractivity contribution in [2.45, 2.75) is 20.3 Å². The number of hydrogen-bond donors (Lipinski definition) is 3. The van der Waals surface area contributed by atoms with Crippen molar-refractivity contribution in [2.24, 2.45) is 0 Å². The normalized spacial score (nSPS) is 9.90. The van der Waals surface area contributed by atoms with Crippen LogP contribution in [0.2, 0.25) is 0 Å². The van der Waals surface area contributed by atoms with E-state index in [1.165, 1.54) is 0 Å². The molecule has 0 atom stereocenters. The molecule has 0 fully saturated rings. The first-order chi connectivity index (χ1) is 9.58. The lowest BCUT2D eigenvalue weighted by Gasteiger charge is -2.13. The second-order valence-electron chi connectivity index (χ2n) is 4.35. The molecule has 2 amide bonds. The SMILES string of the molecule is C=CCNCC(=O)Nc1cccc(NC(=O)CC)c1C. The van der Waals surface area contributed by atoms with Crippen LogP contribution in [0.25, 0.3) is 0 Å². The third-order valence-electron chi connectivity index (χ3n) is 2.78. The highest BCUT2D eigenvalue weighted by Crippen LogP contribution is 2.23. The zero-order valence-electron chi connectivity index (χ0n) is 12.0. The largest absolute Gasteiger partial charge is 0.326 e. The average molecular weight is 275 g/mol. The van der Waals surface area contributed by atoms with Crippen LogP contribution in [0.4, 0.5) is 11.4 Å². The number of rotatable bonds is 7. The Kier molecular flexibility index (Phi) is 6.46. The quantitative estimate of drug-likeness (QED) is 0.527. The van der Waals surface area contributed by atoms with Gasteiger partial charge in [-0.25, -0.2) is 0 Å². The smallest absolute Gasteiger partial charge is 0.238 e. The standard InChI is InChI=1S/C15H21N3O2/c1-4-9-16-10-15(20)18-13-8-6-7-12(11(13)3)17-14(19)5-2/h4,6-8,16H,1,5,9-10H2,2-3H3,(H,17,19)(H,18,20). The van der Waals surface area contributed by atoms with Gasteiger partial charge in [-0.1, -0.05) is 19.1 Å². The van der Waals surface area contributed by atoms with Gasteiger partial charge in [0.1, 0.15) is 0 Å². The number of carbonyl (C=O) groups excluding carboxylic acids is 2. The van der Waals surface area contributed by atoms with E-state index in [-0.39, 0.29) is 18.4 Å². The maximum Gasteiger partial charge on any atom is 0.238 e. The lowest BCUT2D eigenvalue weighted by molar-refractivity contribution is -0.116. The number of hydrogen-bond acceptors (Lipinski definition) is 3. The average Bonchev–Trinajstić information content (AvgIpc) is 2.43. The predicted octanol–water partition coefficient (Wildman–Crippen LogP) is 2.06. The summed E-state index contributed by atoms with van der Waals surface area (Å²) in [6, 6.07) is 5.42. The molecular weight excluding hydrogens is 254 g/mol. The first kappa shape index (κ1) is 15.9. The van der Waals surface area contributed by atoms with Crippen molar-refractivity contribution in [3.8, 4) is 0 Å². The van der Waals surface area contributed by atoms with Crippen LogP contribution >= 0.6 is 0 Å². The van der Waals surface area contributed by atoms with Gasteiger partial charge in [0.15, 0.2) is 0 Å². The maximum absolute atomic E-state index is 11.7. The van der Waals surface area contributed by atoms with Crippen molar-refractivity contribution >= 4 is 23.2 Å². The molecule has 0 aliphatic carbocycles. The number of nitrogens with one attached hydrogen (secondary N) is 3. The molecule has 0 aliphatic rings. The van der Waals surface area contributed by atoms with Crippen LogP contribution in [0.15, 0.2) is 30.9 Å². The van der Waals surface area contributed by atoms with Gasteiger partial charge >= 0.3 is 0 Å². The minimum absolute atomic E-state index is 0.0516. The first-order valence-corrected chi connectivity index (χ1v) is 6.59. The topological polar surface area (TPSA) is 70.2 Å². The number of anilines is 2. The van der Waals surface area contributed by atoms with Gasteiger partial charge in [-0.3, -0.25) is 9.59 Å². The molecule has 108 valence electrons. The van der Waals surface area contributed by atoms with Gasteiger partial charge in [0.25, 0.3) is 0 Å². The van der Waals surface area contributed by atoms with Gasteiger partial charge in [-0.05, 0) is 24.6 Å². The Morgan fingerprint density at radius 3 is 2.35 bits per heavy atom. The second-order valence-corrected chi connectivity index (χ2v) is 4.35. The lowest BCUT2D eigenvalue weighted by Crippen LogP contribution is -2.28. The van der Waals surface area contributed by atoms with Crippen molar-refractivity contribution < 1.29 is 9.59 Å². The summed E-state index contributed by atoms with van der Waals surface area (Å²) < 4.78 is 0. The van der Waals surface area contributed by atoms with Gasteiger partial charge in [0, 0.05) is 24.3 Å². The molecule has 0 unspecified atom stereocenters. The van der Waals surface area contributed by atoms with Crippen molar-refractivity contribution in [3.63, 3.8) is 0 Å². The van der Waals surface area contributed by atoms with Crippen molar-refractivity contribution in [3.05, 3.63) is 36.4 Å². The van der Waals surface area contributed by atoms with Crippen LogP contribution < -0.4 is 16.0 Å². The third-order valence-corrected chi connectivity index (χ3v) is 2.78. The Bertz CT molecular complexity index is 498. The molecule has 0 spiro atoms. The molecule has 0 saturated heterocycles. The lowest BCUT2D eigenvalue weighted by atomic mass is 10.1. The summed E-state index contributed by atoms with van der Waals surface area (Å²) in [5, 5.41) is 8.55. The fourth-order valence-electron chi connectivity index (χ4n) is 1.63. The van der Waals surface area contributed by atoms with Gasteiger partial charge in [-0.2, -0.15) is 0 Å². The minimum Gasteiger partial charge on any atom is -0.326 e. The summed E-state index contributed by atoms with van der Waals surface area (Å²) in [5.41, 5.74) is 2.25. The zero-order chi connectivity index (χ0) is 15.0. The highest BCUT2D eigenvalue weighted by Gasteiger charge is 2.08. The van der Waals surface area contributed by atoms with Crippen LogP contribution in [-0.4, -0.2) is 24.9 Å². The second kappa shape index (κ2) is 8.12. The highest BCUT2D eigenvalue weighted by atomic mass is 16.2. The molecule has 0 aromatic heterocycles. The van der Waals surface area contributed by atoms with E-state index in [9.17, 15) is 9.59 Å². The van der Waals surface area contributed by atoms with Gasteiger partial charge in [0.05, 0.1) is 6.54 Å². The van der Waals surface area contributed by atoms with Crippen molar-refractivity contribution in [1.29, 1.82) is 0 Å². The van der Waals surface area contributed by atoms with Crippen LogP contribution in [-0.2, 0) is 9.59 Å². The van der Waals surface area contributed by atoms with E-state index in [0.29, 0.717) is 24.3 Å². The van der Waals surface area contributed by atoms with Gasteiger partial charge in [0.2, 0.25) is 11.8 Å². The number of carbonyl (C=O) groups is 2. The summed E-state index contributed by atoms with van der Waals surface area (Å²) in [7, 11) is 0. The van der Waals surface area contributed by atoms with E-state index in [2.05, 4.69) is 22.5 Å². The summed E-state index contributed by atoms with van der Waals surface area (Å²) >= 11 is 0. The number of benzene rings is 1. The van der Waals surface area contributed by atoms with Crippen LogP contribution in [0, 0.1) is 6.92 Å². The van der Waals surface area contributed by atoms with Crippen LogP contribution in [0.5, 0.6) is 0 Å². The first-order valence-electron chi connectivity index (χ1n) is 6.59. The Balaban J connectivity index is 2.71. The molecule has 3 N–H and O–H groups in total. The van der Waals surface area contributed by atoms with E-state index < -0.39 is 0 Å². The maximum atomic E-state index is 11.7. The summed E-state index contributed by atoms with van der Waals surface area (Å²) in [4.78, 5) is 23.2. The fourth-order valence-corrected chi connectivity index (χ4v) is 1.63. The Morgan fingerprint density at radius 2 is 1.80 bits per heavy atom. The molecule has 0 heterocycles. The summed E-state index contributed by atoms with van der Waals surface area (Å²) in [6.07, 6.45) is 2.11. The van der Waals surface area contributed by atoms with Crippen LogP contribution in [0.3, 0.4) is 0 Å². The van der Waals surface area contributed by atoms with Crippen molar-refractivity contribution in [1.82, 2.24) is 5.32 Å². The number of amides is 2. The molecule has 1 rings (SSSR count). The molecular formula is C15H21N3O2. The molecule has 0 bridgehead atoms. The predicted molar refractivity (Wildman–Crippen MR) is 81.8 cm³/mol. The Morgan fingerprint density at radius 1 is 1.20 bits per heavy atom. The van der Waals surface area contributed by atoms with Crippen molar-refractivity contribution in [2.75, 3.05) is 23.7 Å². The van der Waals surface area contributed by atoms with E-state index in [0.717, 1.165) is 5.56 Å². The van der Waals surface area contributed by atoms with Gasteiger partial charge in [-0.15, -0.1) is 6.58 Å². The summed E-state index contributed by atoms with van der Waals surface area (Å²) in [6.45, 7) is 8.02. The van der Waals surface area contributed by atoms with E-state index >= 15 is 0 Å². The molecule has 20 heavy (non-hydrogen) atoms. The van der Waals surface area contributed by atoms with E-state index in [1.807, 2.05) is 19.1 Å². The van der Waals surface area contributed by atoms with E-state index in [1.54, 1.807) is 19.1 Å². The highest BCUT2D eigenvalue weighted by molar-refractivity contribution is 5.96. The monoisotopic (exact) mass is 275 g/mol.